The van der Waals surface area contributed by atoms with Crippen LogP contribution in [-0.2, 0) is 0 Å². The van der Waals surface area contributed by atoms with Crippen molar-refractivity contribution in [1.29, 1.82) is 0 Å². The molecule has 1 heterocycles. The van der Waals surface area contributed by atoms with Crippen molar-refractivity contribution in [3.05, 3.63) is 24.2 Å². The van der Waals surface area contributed by atoms with Crippen molar-refractivity contribution in [3.63, 3.8) is 0 Å². The highest BCUT2D eigenvalue weighted by Crippen LogP contribution is 2.41. The van der Waals surface area contributed by atoms with Gasteiger partial charge in [0, 0.05) is 5.92 Å². The van der Waals surface area contributed by atoms with E-state index in [1.165, 1.54) is 25.7 Å². The Labute approximate surface area is 91.8 Å². The molecule has 2 nitrogen and oxygen atoms in total. The highest BCUT2D eigenvalue weighted by molar-refractivity contribution is 5.08. The summed E-state index contributed by atoms with van der Waals surface area (Å²) in [5.41, 5.74) is 5.84. The number of hydrogen-bond acceptors (Lipinski definition) is 2. The van der Waals surface area contributed by atoms with E-state index >= 15 is 0 Å². The molecule has 3 unspecified atom stereocenters. The lowest BCUT2D eigenvalue weighted by Gasteiger charge is -2.34. The van der Waals surface area contributed by atoms with E-state index in [1.807, 2.05) is 6.07 Å². The monoisotopic (exact) mass is 207 g/mol. The van der Waals surface area contributed by atoms with Crippen molar-refractivity contribution < 1.29 is 4.42 Å². The highest BCUT2D eigenvalue weighted by atomic mass is 16.3. The molecule has 1 aliphatic carbocycles. The molecular formula is C13H21NO. The zero-order valence-corrected chi connectivity index (χ0v) is 9.49. The van der Waals surface area contributed by atoms with Gasteiger partial charge in [0.15, 0.2) is 0 Å². The van der Waals surface area contributed by atoms with Crippen LogP contribution in [0.5, 0.6) is 0 Å². The van der Waals surface area contributed by atoms with Crippen molar-refractivity contribution >= 4 is 0 Å². The third-order valence-corrected chi connectivity index (χ3v) is 3.89. The minimum Gasteiger partial charge on any atom is -0.469 e. The second-order valence-electron chi connectivity index (χ2n) is 4.71. The van der Waals surface area contributed by atoms with Crippen LogP contribution < -0.4 is 5.73 Å². The molecule has 0 aromatic carbocycles. The van der Waals surface area contributed by atoms with Crippen molar-refractivity contribution in [3.8, 4) is 0 Å². The Balaban J connectivity index is 2.10. The first-order valence-electron chi connectivity index (χ1n) is 6.08. The van der Waals surface area contributed by atoms with E-state index in [0.29, 0.717) is 11.8 Å². The third kappa shape index (κ3) is 2.25. The molecule has 1 aliphatic rings. The number of rotatable bonds is 3. The molecule has 0 aliphatic heterocycles. The quantitative estimate of drug-likeness (QED) is 0.827. The smallest absolute Gasteiger partial charge is 0.107 e. The number of furan rings is 1. The predicted octanol–water partition coefficient (Wildman–Crippen LogP) is 3.15. The SMILES string of the molecule is CCC1CCC(CN)C(c2ccco2)C1. The average Bonchev–Trinajstić information content (AvgIpc) is 2.81. The zero-order valence-electron chi connectivity index (χ0n) is 9.49. The lowest BCUT2D eigenvalue weighted by atomic mass is 9.72. The molecule has 1 aromatic rings. The van der Waals surface area contributed by atoms with Gasteiger partial charge in [0.25, 0.3) is 0 Å². The first-order valence-corrected chi connectivity index (χ1v) is 6.08. The summed E-state index contributed by atoms with van der Waals surface area (Å²) in [4.78, 5) is 0. The van der Waals surface area contributed by atoms with Gasteiger partial charge in [-0.05, 0) is 43.4 Å². The predicted molar refractivity (Wildman–Crippen MR) is 61.6 cm³/mol. The lowest BCUT2D eigenvalue weighted by Crippen LogP contribution is -2.28. The maximum atomic E-state index is 5.84. The summed E-state index contributed by atoms with van der Waals surface area (Å²) in [6.07, 6.45) is 6.93. The van der Waals surface area contributed by atoms with Crippen LogP contribution in [0.2, 0.25) is 0 Å². The molecule has 1 saturated carbocycles. The van der Waals surface area contributed by atoms with Crippen molar-refractivity contribution in [2.45, 2.75) is 38.5 Å². The first-order chi connectivity index (χ1) is 7.35. The van der Waals surface area contributed by atoms with Gasteiger partial charge in [-0.1, -0.05) is 19.8 Å². The second-order valence-corrected chi connectivity index (χ2v) is 4.71. The maximum absolute atomic E-state index is 5.84. The Kier molecular flexibility index (Phi) is 3.47. The van der Waals surface area contributed by atoms with Gasteiger partial charge in [0.05, 0.1) is 6.26 Å². The van der Waals surface area contributed by atoms with E-state index in [2.05, 4.69) is 13.0 Å². The molecule has 3 atom stereocenters. The summed E-state index contributed by atoms with van der Waals surface area (Å²) in [5, 5.41) is 0. The second kappa shape index (κ2) is 4.84. The van der Waals surface area contributed by atoms with E-state index in [1.54, 1.807) is 6.26 Å². The largest absolute Gasteiger partial charge is 0.469 e. The van der Waals surface area contributed by atoms with Gasteiger partial charge in [-0.25, -0.2) is 0 Å². The van der Waals surface area contributed by atoms with Crippen molar-refractivity contribution in [1.82, 2.24) is 0 Å². The summed E-state index contributed by atoms with van der Waals surface area (Å²) < 4.78 is 5.54. The van der Waals surface area contributed by atoms with E-state index in [-0.39, 0.29) is 0 Å². The van der Waals surface area contributed by atoms with Crippen LogP contribution in [0.15, 0.2) is 22.8 Å². The molecule has 2 rings (SSSR count). The van der Waals surface area contributed by atoms with E-state index in [9.17, 15) is 0 Å². The molecule has 1 fully saturated rings. The fraction of sp³-hybridized carbons (Fsp3) is 0.692. The van der Waals surface area contributed by atoms with Gasteiger partial charge in [0.1, 0.15) is 5.76 Å². The molecule has 0 amide bonds. The summed E-state index contributed by atoms with van der Waals surface area (Å²) in [6, 6.07) is 4.09. The lowest BCUT2D eigenvalue weighted by molar-refractivity contribution is 0.214. The Hall–Kier alpha value is -0.760. The van der Waals surface area contributed by atoms with Gasteiger partial charge in [-0.15, -0.1) is 0 Å². The van der Waals surface area contributed by atoms with Crippen LogP contribution in [0.4, 0.5) is 0 Å². The summed E-state index contributed by atoms with van der Waals surface area (Å²) in [7, 11) is 0. The first kappa shape index (κ1) is 10.7. The zero-order chi connectivity index (χ0) is 10.7. The molecule has 0 bridgehead atoms. The van der Waals surface area contributed by atoms with Crippen LogP contribution in [0.25, 0.3) is 0 Å². The third-order valence-electron chi connectivity index (χ3n) is 3.89. The fourth-order valence-electron chi connectivity index (χ4n) is 2.82. The van der Waals surface area contributed by atoms with E-state index < -0.39 is 0 Å². The van der Waals surface area contributed by atoms with Crippen LogP contribution in [0.1, 0.15) is 44.3 Å². The van der Waals surface area contributed by atoms with Gasteiger partial charge in [0.2, 0.25) is 0 Å². The maximum Gasteiger partial charge on any atom is 0.107 e. The molecule has 0 saturated heterocycles. The van der Waals surface area contributed by atoms with Gasteiger partial charge >= 0.3 is 0 Å². The summed E-state index contributed by atoms with van der Waals surface area (Å²) in [5.74, 6) is 3.19. The summed E-state index contributed by atoms with van der Waals surface area (Å²) >= 11 is 0. The topological polar surface area (TPSA) is 39.2 Å². The normalized spacial score (nSPS) is 31.7. The average molecular weight is 207 g/mol. The Morgan fingerprint density at radius 3 is 2.93 bits per heavy atom. The number of nitrogens with two attached hydrogens (primary N) is 1. The van der Waals surface area contributed by atoms with E-state index in [4.69, 9.17) is 10.2 Å². The molecule has 84 valence electrons. The van der Waals surface area contributed by atoms with Gasteiger partial charge < -0.3 is 10.2 Å². The molecule has 2 heteroatoms. The molecular weight excluding hydrogens is 186 g/mol. The van der Waals surface area contributed by atoms with Crippen LogP contribution in [0.3, 0.4) is 0 Å². The molecule has 2 N–H and O–H groups in total. The summed E-state index contributed by atoms with van der Waals surface area (Å²) in [6.45, 7) is 3.08. The molecule has 0 spiro atoms. The van der Waals surface area contributed by atoms with Crippen LogP contribution in [0, 0.1) is 11.8 Å². The highest BCUT2D eigenvalue weighted by Gasteiger charge is 2.31. The standard InChI is InChI=1S/C13H21NO/c1-2-10-5-6-11(9-14)12(8-10)13-4-3-7-15-13/h3-4,7,10-12H,2,5-6,8-9,14H2,1H3. The molecule has 15 heavy (non-hydrogen) atoms. The van der Waals surface area contributed by atoms with Crippen LogP contribution >= 0.6 is 0 Å². The van der Waals surface area contributed by atoms with Crippen LogP contribution in [-0.4, -0.2) is 6.54 Å². The Bertz CT molecular complexity index is 281. The fourth-order valence-corrected chi connectivity index (χ4v) is 2.82. The minimum absolute atomic E-state index is 0.559. The van der Waals surface area contributed by atoms with Crippen molar-refractivity contribution in [2.75, 3.05) is 6.54 Å². The minimum atomic E-state index is 0.559. The molecule has 1 aromatic heterocycles. The van der Waals surface area contributed by atoms with Gasteiger partial charge in [-0.2, -0.15) is 0 Å². The van der Waals surface area contributed by atoms with Crippen molar-refractivity contribution in [2.24, 2.45) is 17.6 Å². The Morgan fingerprint density at radius 2 is 2.33 bits per heavy atom. The van der Waals surface area contributed by atoms with E-state index in [0.717, 1.165) is 18.2 Å². The molecule has 0 radical (unpaired) electrons. The van der Waals surface area contributed by atoms with Gasteiger partial charge in [-0.3, -0.25) is 0 Å². The number of hydrogen-bond donors (Lipinski definition) is 1. The Morgan fingerprint density at radius 1 is 1.47 bits per heavy atom.